The van der Waals surface area contributed by atoms with Gasteiger partial charge >= 0.3 is 0 Å². The Morgan fingerprint density at radius 1 is 1.24 bits per heavy atom. The first-order valence-corrected chi connectivity index (χ1v) is 8.67. The Kier molecular flexibility index (Phi) is 4.30. The zero-order valence-electron chi connectivity index (χ0n) is 12.3. The molecule has 1 aromatic heterocycles. The summed E-state index contributed by atoms with van der Waals surface area (Å²) in [4.78, 5) is 0.000516. The van der Waals surface area contributed by atoms with Crippen LogP contribution < -0.4 is 4.74 Å². The molecule has 5 nitrogen and oxygen atoms in total. The molecule has 0 spiro atoms. The van der Waals surface area contributed by atoms with Crippen LogP contribution in [0, 0.1) is 20.8 Å². The molecule has 0 unspecified atom stereocenters. The van der Waals surface area contributed by atoms with Gasteiger partial charge in [0, 0.05) is 17.7 Å². The van der Waals surface area contributed by atoms with Crippen molar-refractivity contribution in [2.75, 3.05) is 0 Å². The van der Waals surface area contributed by atoms with Crippen LogP contribution in [0.15, 0.2) is 23.1 Å². The van der Waals surface area contributed by atoms with Crippen LogP contribution in [-0.2, 0) is 22.7 Å². The highest BCUT2D eigenvalue weighted by molar-refractivity contribution is 8.13. The first kappa shape index (κ1) is 15.9. The molecule has 0 aliphatic rings. The van der Waals surface area contributed by atoms with Crippen LogP contribution >= 0.6 is 10.7 Å². The normalized spacial score (nSPS) is 11.7. The van der Waals surface area contributed by atoms with Gasteiger partial charge in [-0.1, -0.05) is 6.07 Å². The number of benzene rings is 1. The maximum absolute atomic E-state index is 11.7. The summed E-state index contributed by atoms with van der Waals surface area (Å²) in [6, 6.07) is 5.26. The highest BCUT2D eigenvalue weighted by Crippen LogP contribution is 2.32. The number of nitrogens with zero attached hydrogens (tertiary/aromatic N) is 2. The van der Waals surface area contributed by atoms with Gasteiger partial charge in [-0.2, -0.15) is 5.10 Å². The first-order valence-electron chi connectivity index (χ1n) is 6.36. The quantitative estimate of drug-likeness (QED) is 0.810. The molecule has 7 heteroatoms. The summed E-state index contributed by atoms with van der Waals surface area (Å²) >= 11 is 0. The third kappa shape index (κ3) is 3.57. The largest absolute Gasteiger partial charge is 0.486 e. The standard InChI is InChI=1S/C14H17ClN2O3S/c1-9-5-10(2)14(13(6-9)21(15,18)19)20-8-12-7-11(3)16-17(12)4/h5-7H,8H2,1-4H3. The molecule has 0 fully saturated rings. The van der Waals surface area contributed by atoms with Crippen LogP contribution in [0.1, 0.15) is 22.5 Å². The van der Waals surface area contributed by atoms with Crippen molar-refractivity contribution in [2.24, 2.45) is 7.05 Å². The number of hydrogen-bond donors (Lipinski definition) is 0. The highest BCUT2D eigenvalue weighted by atomic mass is 35.7. The summed E-state index contributed by atoms with van der Waals surface area (Å²) in [7, 11) is 3.45. The number of halogens is 1. The minimum absolute atomic E-state index is 0.000516. The number of hydrogen-bond acceptors (Lipinski definition) is 4. The van der Waals surface area contributed by atoms with E-state index in [1.165, 1.54) is 6.07 Å². The van der Waals surface area contributed by atoms with Crippen LogP contribution in [0.2, 0.25) is 0 Å². The van der Waals surface area contributed by atoms with Gasteiger partial charge in [0.15, 0.2) is 0 Å². The van der Waals surface area contributed by atoms with Gasteiger partial charge in [0.2, 0.25) is 0 Å². The molecule has 21 heavy (non-hydrogen) atoms. The highest BCUT2D eigenvalue weighted by Gasteiger charge is 2.20. The number of aromatic nitrogens is 2. The molecule has 0 atom stereocenters. The maximum Gasteiger partial charge on any atom is 0.265 e. The lowest BCUT2D eigenvalue weighted by molar-refractivity contribution is 0.285. The Morgan fingerprint density at radius 2 is 1.90 bits per heavy atom. The molecule has 2 rings (SSSR count). The third-order valence-corrected chi connectivity index (χ3v) is 4.44. The predicted octanol–water partition coefficient (Wildman–Crippen LogP) is 2.85. The molecular weight excluding hydrogens is 312 g/mol. The van der Waals surface area contributed by atoms with E-state index in [0.717, 1.165) is 22.5 Å². The molecule has 0 radical (unpaired) electrons. The van der Waals surface area contributed by atoms with Gasteiger partial charge in [-0.3, -0.25) is 4.68 Å². The van der Waals surface area contributed by atoms with Gasteiger partial charge in [-0.15, -0.1) is 0 Å². The van der Waals surface area contributed by atoms with Gasteiger partial charge in [0.05, 0.1) is 11.4 Å². The average molecular weight is 329 g/mol. The Balaban J connectivity index is 2.38. The smallest absolute Gasteiger partial charge is 0.265 e. The zero-order chi connectivity index (χ0) is 15.8. The summed E-state index contributed by atoms with van der Waals surface area (Å²) in [5, 5.41) is 4.22. The Hall–Kier alpha value is -1.53. The van der Waals surface area contributed by atoms with Gasteiger partial charge in [0.25, 0.3) is 9.05 Å². The third-order valence-electron chi connectivity index (χ3n) is 3.11. The number of aryl methyl sites for hydroxylation is 4. The molecule has 0 aliphatic heterocycles. The first-order chi connectivity index (χ1) is 9.68. The SMILES string of the molecule is Cc1cc(C)c(OCc2cc(C)nn2C)c(S(=O)(=O)Cl)c1. The van der Waals surface area contributed by atoms with Crippen molar-refractivity contribution in [2.45, 2.75) is 32.3 Å². The summed E-state index contributed by atoms with van der Waals surface area (Å²) < 4.78 is 30.8. The van der Waals surface area contributed by atoms with E-state index in [1.807, 2.05) is 33.0 Å². The van der Waals surface area contributed by atoms with Crippen LogP contribution in [0.3, 0.4) is 0 Å². The molecule has 0 N–H and O–H groups in total. The summed E-state index contributed by atoms with van der Waals surface area (Å²) in [5.41, 5.74) is 3.27. The van der Waals surface area contributed by atoms with Crippen LogP contribution in [-0.4, -0.2) is 18.2 Å². The van der Waals surface area contributed by atoms with Crippen molar-refractivity contribution in [1.29, 1.82) is 0 Å². The fourth-order valence-electron chi connectivity index (χ4n) is 2.23. The number of rotatable bonds is 4. The predicted molar refractivity (Wildman–Crippen MR) is 81.2 cm³/mol. The van der Waals surface area contributed by atoms with Crippen molar-refractivity contribution in [3.63, 3.8) is 0 Å². The van der Waals surface area contributed by atoms with Crippen molar-refractivity contribution >= 4 is 19.7 Å². The topological polar surface area (TPSA) is 61.2 Å². The van der Waals surface area contributed by atoms with E-state index in [1.54, 1.807) is 11.6 Å². The van der Waals surface area contributed by atoms with Crippen molar-refractivity contribution < 1.29 is 13.2 Å². The monoisotopic (exact) mass is 328 g/mol. The number of ether oxygens (including phenoxy) is 1. The second kappa shape index (κ2) is 5.69. The van der Waals surface area contributed by atoms with Gasteiger partial charge in [0.1, 0.15) is 17.3 Å². The van der Waals surface area contributed by atoms with Crippen molar-refractivity contribution in [3.8, 4) is 5.75 Å². The molecule has 0 bridgehead atoms. The molecule has 1 aromatic carbocycles. The molecule has 0 saturated carbocycles. The lowest BCUT2D eigenvalue weighted by Gasteiger charge is -2.13. The summed E-state index contributed by atoms with van der Waals surface area (Å²) in [6.45, 7) is 5.71. The molecule has 114 valence electrons. The zero-order valence-corrected chi connectivity index (χ0v) is 13.9. The van der Waals surface area contributed by atoms with E-state index in [4.69, 9.17) is 15.4 Å². The Labute approximate surface area is 128 Å². The second-order valence-electron chi connectivity index (χ2n) is 5.04. The molecule has 2 aromatic rings. The van der Waals surface area contributed by atoms with Gasteiger partial charge < -0.3 is 4.74 Å². The lowest BCUT2D eigenvalue weighted by Crippen LogP contribution is -2.06. The van der Waals surface area contributed by atoms with E-state index in [0.29, 0.717) is 0 Å². The van der Waals surface area contributed by atoms with Gasteiger partial charge in [-0.25, -0.2) is 8.42 Å². The molecule has 0 amide bonds. The van der Waals surface area contributed by atoms with E-state index in [9.17, 15) is 8.42 Å². The van der Waals surface area contributed by atoms with E-state index < -0.39 is 9.05 Å². The minimum Gasteiger partial charge on any atom is -0.486 e. The van der Waals surface area contributed by atoms with E-state index in [-0.39, 0.29) is 17.3 Å². The Morgan fingerprint density at radius 3 is 2.43 bits per heavy atom. The van der Waals surface area contributed by atoms with Crippen LogP contribution in [0.5, 0.6) is 5.75 Å². The second-order valence-corrected chi connectivity index (χ2v) is 7.57. The molecule has 1 heterocycles. The fourth-order valence-corrected chi connectivity index (χ4v) is 3.34. The van der Waals surface area contributed by atoms with Crippen molar-refractivity contribution in [1.82, 2.24) is 9.78 Å². The van der Waals surface area contributed by atoms with Gasteiger partial charge in [-0.05, 0) is 44.0 Å². The molecular formula is C14H17ClN2O3S. The minimum atomic E-state index is -3.86. The fraction of sp³-hybridized carbons (Fsp3) is 0.357. The molecule has 0 saturated heterocycles. The summed E-state index contributed by atoms with van der Waals surface area (Å²) in [5.74, 6) is 0.287. The lowest BCUT2D eigenvalue weighted by atomic mass is 10.1. The van der Waals surface area contributed by atoms with Crippen LogP contribution in [0.25, 0.3) is 0 Å². The summed E-state index contributed by atoms with van der Waals surface area (Å²) in [6.07, 6.45) is 0. The van der Waals surface area contributed by atoms with Crippen LogP contribution in [0.4, 0.5) is 0 Å². The average Bonchev–Trinajstić information content (AvgIpc) is 2.64. The maximum atomic E-state index is 11.7. The van der Waals surface area contributed by atoms with E-state index >= 15 is 0 Å². The van der Waals surface area contributed by atoms with Crippen molar-refractivity contribution in [3.05, 3.63) is 40.7 Å². The Bertz CT molecular complexity index is 782. The molecule has 0 aliphatic carbocycles. The van der Waals surface area contributed by atoms with E-state index in [2.05, 4.69) is 5.10 Å².